The topological polar surface area (TPSA) is 3.24 Å². The Morgan fingerprint density at radius 3 is 1.76 bits per heavy atom. The van der Waals surface area contributed by atoms with Gasteiger partial charge in [0.05, 0.1) is 0 Å². The molecule has 0 unspecified atom stereocenters. The highest BCUT2D eigenvalue weighted by molar-refractivity contribution is 8.20. The molecule has 0 aliphatic carbocycles. The van der Waals surface area contributed by atoms with Gasteiger partial charge in [0, 0.05) is 13.1 Å². The van der Waals surface area contributed by atoms with E-state index in [2.05, 4.69) is 24.6 Å². The molecule has 0 atom stereocenters. The van der Waals surface area contributed by atoms with Crippen molar-refractivity contribution < 1.29 is 0 Å². The summed E-state index contributed by atoms with van der Waals surface area (Å²) in [6, 6.07) is 0. The van der Waals surface area contributed by atoms with Crippen LogP contribution in [-0.4, -0.2) is 28.2 Å². The molecule has 0 radical (unpaired) electrons. The van der Waals surface area contributed by atoms with Gasteiger partial charge in [0.15, 0.2) is 0 Å². The van der Waals surface area contributed by atoms with E-state index in [1.165, 1.54) is 51.4 Å². The van der Waals surface area contributed by atoms with Crippen molar-refractivity contribution in [3.8, 4) is 0 Å². The number of thiocarbonyl (C=S) groups is 1. The molecule has 3 heteroatoms. The van der Waals surface area contributed by atoms with Gasteiger partial charge in [-0.25, -0.2) is 0 Å². The highest BCUT2D eigenvalue weighted by Gasteiger charge is 2.05. The van der Waals surface area contributed by atoms with Gasteiger partial charge in [-0.3, -0.25) is 0 Å². The van der Waals surface area contributed by atoms with Crippen LogP contribution in [0, 0.1) is 0 Å². The van der Waals surface area contributed by atoms with Crippen molar-refractivity contribution in [2.45, 2.75) is 65.2 Å². The largest absolute Gasteiger partial charge is 0.358 e. The van der Waals surface area contributed by atoms with E-state index in [4.69, 9.17) is 12.2 Å². The third-order valence-corrected chi connectivity index (χ3v) is 4.17. The van der Waals surface area contributed by atoms with Crippen molar-refractivity contribution in [1.29, 1.82) is 0 Å². The second-order valence-electron chi connectivity index (χ2n) is 4.55. The van der Waals surface area contributed by atoms with E-state index >= 15 is 0 Å². The Morgan fingerprint density at radius 1 is 0.941 bits per heavy atom. The van der Waals surface area contributed by atoms with Crippen LogP contribution in [0.3, 0.4) is 0 Å². The monoisotopic (exact) mass is 275 g/mol. The van der Waals surface area contributed by atoms with Crippen LogP contribution in [0.4, 0.5) is 0 Å². The Labute approximate surface area is 117 Å². The highest BCUT2D eigenvalue weighted by Crippen LogP contribution is 2.08. The highest BCUT2D eigenvalue weighted by atomic mass is 32.2. The molecular formula is C14H29NS2. The Morgan fingerprint density at radius 2 is 1.41 bits per heavy atom. The van der Waals surface area contributed by atoms with Crippen LogP contribution < -0.4 is 0 Å². The molecule has 0 spiro atoms. The SMILES string of the molecule is C=[SH]C(=S)N(CCCCCC)CCCCCC. The first-order valence-electron chi connectivity index (χ1n) is 7.01. The van der Waals surface area contributed by atoms with E-state index in [0.29, 0.717) is 0 Å². The van der Waals surface area contributed by atoms with Crippen LogP contribution in [0.25, 0.3) is 0 Å². The quantitative estimate of drug-likeness (QED) is 0.352. The molecular weight excluding hydrogens is 246 g/mol. The molecule has 0 bridgehead atoms. The summed E-state index contributed by atoms with van der Waals surface area (Å²) < 4.78 is 1.03. The van der Waals surface area contributed by atoms with Gasteiger partial charge in [-0.05, 0) is 12.8 Å². The van der Waals surface area contributed by atoms with Gasteiger partial charge in [0.2, 0.25) is 0 Å². The van der Waals surface area contributed by atoms with Crippen molar-refractivity contribution in [3.63, 3.8) is 0 Å². The van der Waals surface area contributed by atoms with Crippen LogP contribution in [-0.2, 0) is 0 Å². The summed E-state index contributed by atoms with van der Waals surface area (Å²) in [6.07, 6.45) is 10.5. The minimum absolute atomic E-state index is 1.01. The lowest BCUT2D eigenvalue weighted by Crippen LogP contribution is -2.28. The maximum atomic E-state index is 5.38. The fourth-order valence-corrected chi connectivity index (χ4v) is 2.44. The lowest BCUT2D eigenvalue weighted by atomic mass is 10.2. The van der Waals surface area contributed by atoms with Gasteiger partial charge in [0.1, 0.15) is 4.32 Å². The van der Waals surface area contributed by atoms with Gasteiger partial charge >= 0.3 is 0 Å². The Bertz CT molecular complexity index is 192. The van der Waals surface area contributed by atoms with Gasteiger partial charge in [-0.15, -0.1) is 11.4 Å². The van der Waals surface area contributed by atoms with Crippen LogP contribution in [0.5, 0.6) is 0 Å². The third kappa shape index (κ3) is 9.78. The number of thiol groups is 1. The molecule has 0 aromatic rings. The van der Waals surface area contributed by atoms with Crippen LogP contribution >= 0.6 is 23.6 Å². The molecule has 1 nitrogen and oxygen atoms in total. The zero-order valence-electron chi connectivity index (χ0n) is 11.6. The minimum atomic E-state index is 1.01. The molecule has 0 amide bonds. The van der Waals surface area contributed by atoms with Crippen molar-refractivity contribution in [1.82, 2.24) is 4.90 Å². The number of unbranched alkanes of at least 4 members (excludes halogenated alkanes) is 6. The summed E-state index contributed by atoms with van der Waals surface area (Å²) in [7, 11) is 0. The molecule has 0 saturated heterocycles. The number of hydrogen-bond acceptors (Lipinski definition) is 1. The second-order valence-corrected chi connectivity index (χ2v) is 5.98. The Kier molecular flexibility index (Phi) is 12.6. The first-order chi connectivity index (χ1) is 8.26. The molecule has 0 rings (SSSR count). The van der Waals surface area contributed by atoms with E-state index < -0.39 is 0 Å². The van der Waals surface area contributed by atoms with E-state index in [9.17, 15) is 0 Å². The minimum Gasteiger partial charge on any atom is -0.358 e. The predicted octanol–water partition coefficient (Wildman–Crippen LogP) is 4.63. The van der Waals surface area contributed by atoms with Crippen LogP contribution in [0.1, 0.15) is 65.2 Å². The smallest absolute Gasteiger partial charge is 0.127 e. The standard InChI is InChI=1S/C14H29NS2/c1-4-6-8-10-12-15(14(16)17-3)13-11-9-7-5-2/h17H,3-13H2,1-2H3. The Balaban J connectivity index is 3.80. The van der Waals surface area contributed by atoms with Crippen molar-refractivity contribution in [2.24, 2.45) is 0 Å². The van der Waals surface area contributed by atoms with Crippen LogP contribution in [0.2, 0.25) is 0 Å². The van der Waals surface area contributed by atoms with Gasteiger partial charge < -0.3 is 4.90 Å². The van der Waals surface area contributed by atoms with Crippen LogP contribution in [0.15, 0.2) is 0 Å². The molecule has 0 aromatic heterocycles. The van der Waals surface area contributed by atoms with E-state index in [-0.39, 0.29) is 0 Å². The summed E-state index contributed by atoms with van der Waals surface area (Å²) in [5.41, 5.74) is 0. The van der Waals surface area contributed by atoms with Gasteiger partial charge in [-0.1, -0.05) is 70.5 Å². The number of nitrogens with zero attached hydrogens (tertiary/aromatic N) is 1. The summed E-state index contributed by atoms with van der Waals surface area (Å²) in [5, 5.41) is 0. The first-order valence-corrected chi connectivity index (χ1v) is 8.50. The summed E-state index contributed by atoms with van der Waals surface area (Å²) >= 11 is 6.39. The van der Waals surface area contributed by atoms with E-state index in [0.717, 1.165) is 28.8 Å². The first kappa shape index (κ1) is 17.1. The lowest BCUT2D eigenvalue weighted by Gasteiger charge is -2.23. The molecule has 102 valence electrons. The van der Waals surface area contributed by atoms with E-state index in [1.807, 2.05) is 0 Å². The average Bonchev–Trinajstić information content (AvgIpc) is 2.36. The fourth-order valence-electron chi connectivity index (χ4n) is 1.86. The second kappa shape index (κ2) is 12.6. The zero-order valence-corrected chi connectivity index (χ0v) is 13.3. The lowest BCUT2D eigenvalue weighted by molar-refractivity contribution is 0.398. The van der Waals surface area contributed by atoms with Crippen molar-refractivity contribution in [3.05, 3.63) is 0 Å². The Hall–Kier alpha value is 0.110. The maximum absolute atomic E-state index is 5.38. The molecule has 0 saturated carbocycles. The molecule has 0 N–H and O–H groups in total. The third-order valence-electron chi connectivity index (χ3n) is 2.97. The molecule has 0 aliphatic heterocycles. The van der Waals surface area contributed by atoms with Gasteiger partial charge in [0.25, 0.3) is 0 Å². The normalized spacial score (nSPS) is 10.5. The van der Waals surface area contributed by atoms with Gasteiger partial charge in [-0.2, -0.15) is 0 Å². The molecule has 0 fully saturated rings. The molecule has 0 heterocycles. The maximum Gasteiger partial charge on any atom is 0.127 e. The van der Waals surface area contributed by atoms with Crippen molar-refractivity contribution >= 4 is 33.8 Å². The van der Waals surface area contributed by atoms with Crippen molar-refractivity contribution in [2.75, 3.05) is 13.1 Å². The molecule has 17 heavy (non-hydrogen) atoms. The summed E-state index contributed by atoms with van der Waals surface area (Å²) in [4.78, 5) is 2.37. The average molecular weight is 276 g/mol. The molecule has 0 aromatic carbocycles. The molecule has 0 aliphatic rings. The van der Waals surface area contributed by atoms with E-state index in [1.54, 1.807) is 0 Å². The number of hydrogen-bond donors (Lipinski definition) is 1. The summed E-state index contributed by atoms with van der Waals surface area (Å²) in [5.74, 6) is 3.88. The number of rotatable bonds is 10. The fraction of sp³-hybridized carbons (Fsp3) is 0.857. The summed E-state index contributed by atoms with van der Waals surface area (Å²) in [6.45, 7) is 6.77. The zero-order chi connectivity index (χ0) is 12.9. The predicted molar refractivity (Wildman–Crippen MR) is 88.6 cm³/mol.